The van der Waals surface area contributed by atoms with Crippen LogP contribution >= 0.6 is 0 Å². The van der Waals surface area contributed by atoms with Crippen LogP contribution in [0.25, 0.3) is 0 Å². The predicted octanol–water partition coefficient (Wildman–Crippen LogP) is 2.19. The Morgan fingerprint density at radius 3 is 2.69 bits per heavy atom. The van der Waals surface area contributed by atoms with E-state index in [0.717, 1.165) is 11.3 Å². The number of carbonyl (C=O) groups excluding carboxylic acids is 2. The molecule has 0 saturated heterocycles. The van der Waals surface area contributed by atoms with Crippen LogP contribution in [0.2, 0.25) is 0 Å². The molecule has 1 N–H and O–H groups in total. The van der Waals surface area contributed by atoms with Gasteiger partial charge in [-0.15, -0.1) is 0 Å². The van der Waals surface area contributed by atoms with E-state index in [2.05, 4.69) is 5.10 Å². The van der Waals surface area contributed by atoms with Gasteiger partial charge in [-0.05, 0) is 23.8 Å². The van der Waals surface area contributed by atoms with E-state index in [1.54, 1.807) is 0 Å². The molecule has 0 aromatic heterocycles. The molecule has 0 bridgehead atoms. The van der Waals surface area contributed by atoms with Crippen molar-refractivity contribution in [3.63, 3.8) is 0 Å². The molecule has 26 heavy (non-hydrogen) atoms. The van der Waals surface area contributed by atoms with Crippen molar-refractivity contribution >= 4 is 17.6 Å². The number of rotatable bonds is 5. The largest absolute Gasteiger partial charge is 0.507 e. The number of phenols is 1. The summed E-state index contributed by atoms with van der Waals surface area (Å²) in [5, 5.41) is 15.4. The Hall–Kier alpha value is -3.35. The van der Waals surface area contributed by atoms with Gasteiger partial charge in [-0.2, -0.15) is 5.10 Å². The van der Waals surface area contributed by atoms with Crippen LogP contribution in [0.5, 0.6) is 11.5 Å². The molecule has 1 heterocycles. The molecular weight excluding hydrogens is 336 g/mol. The molecule has 7 heteroatoms. The van der Waals surface area contributed by atoms with E-state index < -0.39 is 18.5 Å². The molecule has 0 radical (unpaired) electrons. The number of carbonyl (C=O) groups is 2. The third-order valence-electron chi connectivity index (χ3n) is 3.95. The number of hydrogen-bond acceptors (Lipinski definition) is 6. The summed E-state index contributed by atoms with van der Waals surface area (Å²) in [5.74, 6) is -1.07. The standard InChI is InChI=1S/C19H18N2O5/c1-25-14-7-8-17(22)15(11-14)19(24)26-12-18(23)21-10-9-16(20-21)13-5-3-2-4-6-13/h2-8,11,22H,9-10,12H2,1H3. The van der Waals surface area contributed by atoms with Crippen LogP contribution in [0.1, 0.15) is 22.3 Å². The number of amides is 1. The number of hydrazone groups is 1. The summed E-state index contributed by atoms with van der Waals surface area (Å²) in [4.78, 5) is 24.3. The van der Waals surface area contributed by atoms with Crippen LogP contribution in [0.3, 0.4) is 0 Å². The van der Waals surface area contributed by atoms with E-state index in [0.29, 0.717) is 18.7 Å². The summed E-state index contributed by atoms with van der Waals surface area (Å²) >= 11 is 0. The average molecular weight is 354 g/mol. The molecule has 2 aromatic carbocycles. The van der Waals surface area contributed by atoms with Gasteiger partial charge in [-0.3, -0.25) is 4.79 Å². The summed E-state index contributed by atoms with van der Waals surface area (Å²) in [7, 11) is 1.45. The molecule has 0 unspecified atom stereocenters. The van der Waals surface area contributed by atoms with Crippen molar-refractivity contribution in [1.29, 1.82) is 0 Å². The van der Waals surface area contributed by atoms with Gasteiger partial charge in [0.1, 0.15) is 17.1 Å². The van der Waals surface area contributed by atoms with Gasteiger partial charge >= 0.3 is 5.97 Å². The zero-order valence-electron chi connectivity index (χ0n) is 14.2. The summed E-state index contributed by atoms with van der Waals surface area (Å²) in [5.41, 5.74) is 1.71. The minimum atomic E-state index is -0.804. The fourth-order valence-corrected chi connectivity index (χ4v) is 2.56. The van der Waals surface area contributed by atoms with Gasteiger partial charge in [0, 0.05) is 6.42 Å². The number of ether oxygens (including phenoxy) is 2. The second-order valence-corrected chi connectivity index (χ2v) is 5.64. The summed E-state index contributed by atoms with van der Waals surface area (Å²) in [6, 6.07) is 13.8. The van der Waals surface area contributed by atoms with Crippen LogP contribution in [0, 0.1) is 0 Å². The Bertz CT molecular complexity index is 848. The summed E-state index contributed by atoms with van der Waals surface area (Å²) < 4.78 is 10.0. The zero-order valence-corrected chi connectivity index (χ0v) is 14.2. The van der Waals surface area contributed by atoms with Crippen molar-refractivity contribution in [1.82, 2.24) is 5.01 Å². The van der Waals surface area contributed by atoms with Crippen molar-refractivity contribution < 1.29 is 24.2 Å². The normalized spacial score (nSPS) is 13.3. The smallest absolute Gasteiger partial charge is 0.342 e. The Balaban J connectivity index is 1.61. The number of methoxy groups -OCH3 is 1. The van der Waals surface area contributed by atoms with Gasteiger partial charge in [0.2, 0.25) is 0 Å². The maximum absolute atomic E-state index is 12.2. The highest BCUT2D eigenvalue weighted by atomic mass is 16.5. The number of phenolic OH excluding ortho intramolecular Hbond substituents is 1. The number of aromatic hydroxyl groups is 1. The van der Waals surface area contributed by atoms with Crippen LogP contribution < -0.4 is 4.74 Å². The highest BCUT2D eigenvalue weighted by molar-refractivity contribution is 6.02. The lowest BCUT2D eigenvalue weighted by molar-refractivity contribution is -0.134. The van der Waals surface area contributed by atoms with Gasteiger partial charge in [-0.1, -0.05) is 30.3 Å². The molecule has 0 saturated carbocycles. The molecule has 0 aliphatic carbocycles. The van der Waals surface area contributed by atoms with E-state index in [9.17, 15) is 14.7 Å². The maximum Gasteiger partial charge on any atom is 0.342 e. The Morgan fingerprint density at radius 2 is 1.96 bits per heavy atom. The SMILES string of the molecule is COc1ccc(O)c(C(=O)OCC(=O)N2CCC(c3ccccc3)=N2)c1. The second-order valence-electron chi connectivity index (χ2n) is 5.64. The molecule has 1 aliphatic rings. The van der Waals surface area contributed by atoms with Gasteiger partial charge in [0.05, 0.1) is 19.4 Å². The lowest BCUT2D eigenvalue weighted by Crippen LogP contribution is -2.28. The van der Waals surface area contributed by atoms with Crippen molar-refractivity contribution in [2.75, 3.05) is 20.3 Å². The van der Waals surface area contributed by atoms with Gasteiger partial charge in [0.15, 0.2) is 6.61 Å². The Morgan fingerprint density at radius 1 is 1.19 bits per heavy atom. The maximum atomic E-state index is 12.2. The third kappa shape index (κ3) is 3.83. The molecule has 0 atom stereocenters. The Kier molecular flexibility index (Phi) is 5.17. The van der Waals surface area contributed by atoms with Crippen LogP contribution in [0.15, 0.2) is 53.6 Å². The minimum Gasteiger partial charge on any atom is -0.507 e. The molecule has 7 nitrogen and oxygen atoms in total. The number of benzene rings is 2. The molecule has 0 spiro atoms. The van der Waals surface area contributed by atoms with Crippen LogP contribution in [-0.2, 0) is 9.53 Å². The first kappa shape index (κ1) is 17.5. The van der Waals surface area contributed by atoms with Gasteiger partial charge in [0.25, 0.3) is 5.91 Å². The quantitative estimate of drug-likeness (QED) is 0.832. The van der Waals surface area contributed by atoms with Crippen molar-refractivity contribution in [2.24, 2.45) is 5.10 Å². The van der Waals surface area contributed by atoms with Crippen molar-refractivity contribution in [2.45, 2.75) is 6.42 Å². The topological polar surface area (TPSA) is 88.4 Å². The lowest BCUT2D eigenvalue weighted by Gasteiger charge is -2.12. The van der Waals surface area contributed by atoms with Crippen molar-refractivity contribution in [3.05, 3.63) is 59.7 Å². The number of hydrogen-bond donors (Lipinski definition) is 1. The first-order valence-electron chi connectivity index (χ1n) is 8.06. The zero-order chi connectivity index (χ0) is 18.5. The molecule has 3 rings (SSSR count). The fraction of sp³-hybridized carbons (Fsp3) is 0.211. The minimum absolute atomic E-state index is 0.0629. The van der Waals surface area contributed by atoms with E-state index in [-0.39, 0.29) is 11.3 Å². The second kappa shape index (κ2) is 7.69. The Labute approximate surface area is 150 Å². The first-order valence-corrected chi connectivity index (χ1v) is 8.06. The molecular formula is C19H18N2O5. The number of nitrogens with zero attached hydrogens (tertiary/aromatic N) is 2. The highest BCUT2D eigenvalue weighted by Crippen LogP contribution is 2.23. The monoisotopic (exact) mass is 354 g/mol. The molecule has 0 fully saturated rings. The van der Waals surface area contributed by atoms with Gasteiger partial charge in [-0.25, -0.2) is 9.80 Å². The molecule has 2 aromatic rings. The molecule has 1 amide bonds. The molecule has 134 valence electrons. The first-order chi connectivity index (χ1) is 12.6. The van der Waals surface area contributed by atoms with Crippen molar-refractivity contribution in [3.8, 4) is 11.5 Å². The average Bonchev–Trinajstić information content (AvgIpc) is 3.17. The van der Waals surface area contributed by atoms with Gasteiger partial charge < -0.3 is 14.6 Å². The highest BCUT2D eigenvalue weighted by Gasteiger charge is 2.23. The lowest BCUT2D eigenvalue weighted by atomic mass is 10.1. The summed E-state index contributed by atoms with van der Waals surface area (Å²) in [6.07, 6.45) is 0.639. The van der Waals surface area contributed by atoms with E-state index in [1.165, 1.54) is 30.3 Å². The fourth-order valence-electron chi connectivity index (χ4n) is 2.56. The van der Waals surface area contributed by atoms with E-state index in [1.807, 2.05) is 30.3 Å². The number of esters is 1. The van der Waals surface area contributed by atoms with Crippen LogP contribution in [0.4, 0.5) is 0 Å². The van der Waals surface area contributed by atoms with E-state index >= 15 is 0 Å². The summed E-state index contributed by atoms with van der Waals surface area (Å²) in [6.45, 7) is -0.0218. The predicted molar refractivity (Wildman–Crippen MR) is 94.3 cm³/mol. The van der Waals surface area contributed by atoms with Crippen LogP contribution in [-0.4, -0.2) is 48.0 Å². The third-order valence-corrected chi connectivity index (χ3v) is 3.95. The molecule has 1 aliphatic heterocycles. The van der Waals surface area contributed by atoms with E-state index in [4.69, 9.17) is 9.47 Å².